The Morgan fingerprint density at radius 2 is 2.06 bits per heavy atom. The quantitative estimate of drug-likeness (QED) is 0.693. The fourth-order valence-corrected chi connectivity index (χ4v) is 5.82. The number of pyridine rings is 1. The van der Waals surface area contributed by atoms with Crippen LogP contribution in [0.4, 0.5) is 4.39 Å². The van der Waals surface area contributed by atoms with E-state index in [4.69, 9.17) is 0 Å². The van der Waals surface area contributed by atoms with Crippen molar-refractivity contribution in [3.8, 4) is 0 Å². The molecule has 3 aliphatic heterocycles. The van der Waals surface area contributed by atoms with Crippen molar-refractivity contribution in [3.05, 3.63) is 69.5 Å². The van der Waals surface area contributed by atoms with E-state index in [1.165, 1.54) is 6.07 Å². The van der Waals surface area contributed by atoms with Gasteiger partial charge in [-0.05, 0) is 36.6 Å². The van der Waals surface area contributed by atoms with Gasteiger partial charge in [0.25, 0.3) is 5.56 Å². The number of nitrogens with zero attached hydrogens (tertiary/aromatic N) is 3. The van der Waals surface area contributed by atoms with Gasteiger partial charge in [-0.2, -0.15) is 0 Å². The van der Waals surface area contributed by atoms with Crippen molar-refractivity contribution >= 4 is 16.8 Å². The molecule has 2 bridgehead atoms. The number of aromatic nitrogens is 2. The molecule has 31 heavy (non-hydrogen) atoms. The fraction of sp³-hybridized carbons (Fsp3) is 0.417. The summed E-state index contributed by atoms with van der Waals surface area (Å²) in [6, 6.07) is 10.3. The monoisotopic (exact) mass is 420 g/mol. The molecule has 1 amide bonds. The summed E-state index contributed by atoms with van der Waals surface area (Å²) in [7, 11) is 0. The van der Waals surface area contributed by atoms with E-state index in [-0.39, 0.29) is 17.3 Å². The second-order valence-electron chi connectivity index (χ2n) is 9.23. The zero-order chi connectivity index (χ0) is 21.1. The smallest absolute Gasteiger partial charge is 0.250 e. The van der Waals surface area contributed by atoms with Crippen molar-refractivity contribution < 1.29 is 9.18 Å². The highest BCUT2D eigenvalue weighted by atomic mass is 19.1. The molecule has 6 rings (SSSR count). The van der Waals surface area contributed by atoms with Gasteiger partial charge in [0.2, 0.25) is 5.91 Å². The average Bonchev–Trinajstić information content (AvgIpc) is 3.11. The molecule has 1 unspecified atom stereocenters. The number of fused-ring (bicyclic) bond motifs is 7. The minimum Gasteiger partial charge on any atom is -0.358 e. The van der Waals surface area contributed by atoms with Gasteiger partial charge >= 0.3 is 0 Å². The Morgan fingerprint density at radius 3 is 2.97 bits per heavy atom. The molecular formula is C24H25FN4O2. The summed E-state index contributed by atoms with van der Waals surface area (Å²) in [6.45, 7) is 4.00. The van der Waals surface area contributed by atoms with Gasteiger partial charge in [-0.1, -0.05) is 6.07 Å². The van der Waals surface area contributed by atoms with Crippen LogP contribution in [-0.2, 0) is 24.3 Å². The summed E-state index contributed by atoms with van der Waals surface area (Å²) in [5, 5.41) is 0.877. The van der Waals surface area contributed by atoms with Crippen molar-refractivity contribution in [2.75, 3.05) is 26.2 Å². The van der Waals surface area contributed by atoms with Crippen LogP contribution in [0.15, 0.2) is 41.2 Å². The van der Waals surface area contributed by atoms with E-state index in [9.17, 15) is 14.0 Å². The van der Waals surface area contributed by atoms with Crippen LogP contribution in [-0.4, -0.2) is 51.4 Å². The highest BCUT2D eigenvalue weighted by Gasteiger charge is 2.35. The lowest BCUT2D eigenvalue weighted by molar-refractivity contribution is -0.134. The topological polar surface area (TPSA) is 61.3 Å². The molecule has 6 nitrogen and oxygen atoms in total. The third-order valence-corrected chi connectivity index (χ3v) is 7.20. The van der Waals surface area contributed by atoms with Crippen LogP contribution in [0.25, 0.3) is 10.9 Å². The first-order chi connectivity index (χ1) is 15.0. The molecule has 1 saturated heterocycles. The Hall–Kier alpha value is -2.93. The molecule has 3 aliphatic rings. The predicted molar refractivity (Wildman–Crippen MR) is 115 cm³/mol. The second kappa shape index (κ2) is 7.05. The van der Waals surface area contributed by atoms with Gasteiger partial charge in [0.15, 0.2) is 0 Å². The normalized spacial score (nSPS) is 22.9. The largest absolute Gasteiger partial charge is 0.358 e. The molecule has 0 saturated carbocycles. The summed E-state index contributed by atoms with van der Waals surface area (Å²) >= 11 is 0. The molecule has 1 aromatic carbocycles. The SMILES string of the molecule is O=C(CN1CC2C[C@@H](C1)c1cccc(=O)n1C2)N1CCc2[nH]c3ccc(F)cc3c2C1. The van der Waals surface area contributed by atoms with E-state index in [0.29, 0.717) is 31.5 Å². The third-order valence-electron chi connectivity index (χ3n) is 7.20. The van der Waals surface area contributed by atoms with Gasteiger partial charge in [-0.15, -0.1) is 0 Å². The highest BCUT2D eigenvalue weighted by Crippen LogP contribution is 2.35. The first-order valence-electron chi connectivity index (χ1n) is 11.0. The molecule has 5 heterocycles. The lowest BCUT2D eigenvalue weighted by atomic mass is 9.83. The standard InChI is InChI=1S/C24H25FN4O2/c25-17-4-5-20-18(9-17)19-13-28(7-6-21(19)26-20)24(31)14-27-10-15-8-16(12-27)22-2-1-3-23(30)29(22)11-15/h1-5,9,15-16,26H,6-8,10-14H2/t15?,16-/m0/s1. The van der Waals surface area contributed by atoms with E-state index < -0.39 is 0 Å². The number of carbonyl (C=O) groups is 1. The van der Waals surface area contributed by atoms with Crippen LogP contribution in [0.1, 0.15) is 29.3 Å². The van der Waals surface area contributed by atoms with Crippen molar-refractivity contribution in [1.82, 2.24) is 19.4 Å². The summed E-state index contributed by atoms with van der Waals surface area (Å²) in [4.78, 5) is 32.9. The van der Waals surface area contributed by atoms with Crippen LogP contribution in [0.5, 0.6) is 0 Å². The molecular weight excluding hydrogens is 395 g/mol. The maximum Gasteiger partial charge on any atom is 0.250 e. The summed E-state index contributed by atoms with van der Waals surface area (Å²) in [5.41, 5.74) is 4.26. The van der Waals surface area contributed by atoms with Crippen molar-refractivity contribution in [1.29, 1.82) is 0 Å². The van der Waals surface area contributed by atoms with Crippen molar-refractivity contribution in [2.45, 2.75) is 31.8 Å². The molecule has 7 heteroatoms. The number of benzene rings is 1. The van der Waals surface area contributed by atoms with Crippen LogP contribution >= 0.6 is 0 Å². The maximum absolute atomic E-state index is 13.8. The van der Waals surface area contributed by atoms with Crippen molar-refractivity contribution in [3.63, 3.8) is 0 Å². The Balaban J connectivity index is 1.18. The van der Waals surface area contributed by atoms with E-state index in [2.05, 4.69) is 16.0 Å². The number of nitrogens with one attached hydrogen (secondary N) is 1. The average molecular weight is 420 g/mol. The fourth-order valence-electron chi connectivity index (χ4n) is 5.82. The number of piperidine rings is 1. The molecule has 2 atom stereocenters. The van der Waals surface area contributed by atoms with Crippen LogP contribution in [0, 0.1) is 11.7 Å². The molecule has 1 N–H and O–H groups in total. The maximum atomic E-state index is 13.8. The number of amides is 1. The molecule has 1 fully saturated rings. The number of rotatable bonds is 2. The van der Waals surface area contributed by atoms with Gasteiger partial charge in [0.1, 0.15) is 5.82 Å². The highest BCUT2D eigenvalue weighted by molar-refractivity contribution is 5.86. The molecule has 2 aromatic heterocycles. The van der Waals surface area contributed by atoms with Gasteiger partial charge in [0.05, 0.1) is 6.54 Å². The Kier molecular flexibility index (Phi) is 4.28. The number of hydrogen-bond acceptors (Lipinski definition) is 3. The Bertz CT molecular complexity index is 1250. The lowest BCUT2D eigenvalue weighted by Crippen LogP contribution is -2.50. The zero-order valence-corrected chi connectivity index (χ0v) is 17.3. The van der Waals surface area contributed by atoms with Gasteiger partial charge in [-0.25, -0.2) is 4.39 Å². The first kappa shape index (κ1) is 18.8. The summed E-state index contributed by atoms with van der Waals surface area (Å²) in [6.07, 6.45) is 1.85. The Labute approximate surface area is 179 Å². The Morgan fingerprint density at radius 1 is 1.16 bits per heavy atom. The second-order valence-corrected chi connectivity index (χ2v) is 9.23. The minimum absolute atomic E-state index is 0.0796. The van der Waals surface area contributed by atoms with Crippen LogP contribution in [0.3, 0.4) is 0 Å². The molecule has 160 valence electrons. The number of aromatic amines is 1. The molecule has 0 radical (unpaired) electrons. The number of halogens is 1. The molecule has 0 spiro atoms. The van der Waals surface area contributed by atoms with Gasteiger partial charge in [-0.3, -0.25) is 14.5 Å². The third kappa shape index (κ3) is 3.19. The molecule has 3 aromatic rings. The van der Waals surface area contributed by atoms with E-state index >= 15 is 0 Å². The lowest BCUT2D eigenvalue weighted by Gasteiger charge is -2.43. The number of H-pyrrole nitrogens is 1. The number of hydrogen-bond donors (Lipinski definition) is 1. The van der Waals surface area contributed by atoms with Gasteiger partial charge < -0.3 is 14.5 Å². The number of carbonyl (C=O) groups excluding carboxylic acids is 1. The molecule has 0 aliphatic carbocycles. The number of likely N-dealkylation sites (tertiary alicyclic amines) is 1. The van der Waals surface area contributed by atoms with Crippen LogP contribution < -0.4 is 5.56 Å². The first-order valence-corrected chi connectivity index (χ1v) is 11.0. The van der Waals surface area contributed by atoms with E-state index in [1.807, 2.05) is 15.5 Å². The predicted octanol–water partition coefficient (Wildman–Crippen LogP) is 2.47. The van der Waals surface area contributed by atoms with Crippen molar-refractivity contribution in [2.24, 2.45) is 5.92 Å². The zero-order valence-electron chi connectivity index (χ0n) is 17.3. The van der Waals surface area contributed by atoms with E-state index in [1.54, 1.807) is 18.2 Å². The summed E-state index contributed by atoms with van der Waals surface area (Å²) in [5.74, 6) is 0.585. The summed E-state index contributed by atoms with van der Waals surface area (Å²) < 4.78 is 15.7. The minimum atomic E-state index is -0.253. The van der Waals surface area contributed by atoms with Crippen LogP contribution in [0.2, 0.25) is 0 Å². The van der Waals surface area contributed by atoms with Gasteiger partial charge in [0, 0.05) is 79.0 Å². The van der Waals surface area contributed by atoms with E-state index in [0.717, 1.165) is 60.3 Å².